The molecule has 5 rings (SSSR count). The van der Waals surface area contributed by atoms with E-state index in [1.165, 1.54) is 29.2 Å². The predicted molar refractivity (Wildman–Crippen MR) is 128 cm³/mol. The van der Waals surface area contributed by atoms with Crippen LogP contribution in [-0.4, -0.2) is 39.7 Å². The maximum absolute atomic E-state index is 13.4. The van der Waals surface area contributed by atoms with E-state index in [2.05, 4.69) is 6.07 Å². The van der Waals surface area contributed by atoms with E-state index in [0.29, 0.717) is 25.9 Å². The Morgan fingerprint density at radius 1 is 1.00 bits per heavy atom. The van der Waals surface area contributed by atoms with Gasteiger partial charge in [0.2, 0.25) is 0 Å². The van der Waals surface area contributed by atoms with Crippen molar-refractivity contribution < 1.29 is 24.0 Å². The molecule has 2 aliphatic heterocycles. The van der Waals surface area contributed by atoms with Crippen molar-refractivity contribution >= 4 is 11.8 Å². The van der Waals surface area contributed by atoms with Crippen LogP contribution in [0.1, 0.15) is 42.4 Å². The largest absolute Gasteiger partial charge is 0.465 e. The monoisotopic (exact) mass is 476 g/mol. The molecular weight excluding hydrogens is 451 g/mol. The van der Waals surface area contributed by atoms with Gasteiger partial charge in [-0.05, 0) is 65.8 Å². The topological polar surface area (TPSA) is 92.9 Å². The van der Waals surface area contributed by atoms with Crippen molar-refractivity contribution in [2.24, 2.45) is 0 Å². The number of piperidine rings is 1. The fraction of sp³-hybridized carbons (Fsp3) is 0.296. The van der Waals surface area contributed by atoms with Crippen LogP contribution >= 0.6 is 0 Å². The van der Waals surface area contributed by atoms with Crippen LogP contribution in [0.25, 0.3) is 11.1 Å². The summed E-state index contributed by atoms with van der Waals surface area (Å²) in [6.07, 6.45) is 0.659. The molecule has 0 bridgehead atoms. The zero-order valence-corrected chi connectivity index (χ0v) is 19.0. The lowest BCUT2D eigenvalue weighted by Crippen LogP contribution is -2.46. The van der Waals surface area contributed by atoms with Gasteiger partial charge in [-0.25, -0.2) is 9.18 Å². The van der Waals surface area contributed by atoms with Crippen molar-refractivity contribution in [1.82, 2.24) is 4.90 Å². The second-order valence-corrected chi connectivity index (χ2v) is 9.28. The molecule has 1 N–H and O–H groups in total. The molecule has 2 fully saturated rings. The van der Waals surface area contributed by atoms with E-state index in [-0.39, 0.29) is 23.5 Å². The zero-order valence-electron chi connectivity index (χ0n) is 19.0. The van der Waals surface area contributed by atoms with Crippen molar-refractivity contribution in [2.75, 3.05) is 13.1 Å². The van der Waals surface area contributed by atoms with Crippen molar-refractivity contribution in [3.8, 4) is 11.1 Å². The van der Waals surface area contributed by atoms with Gasteiger partial charge in [0.05, 0.1) is 16.6 Å². The minimum atomic E-state index is -0.923. The summed E-state index contributed by atoms with van der Waals surface area (Å²) in [5.41, 5.74) is 3.34. The number of rotatable bonds is 4. The highest BCUT2D eigenvalue weighted by Gasteiger charge is 2.49. The summed E-state index contributed by atoms with van der Waals surface area (Å²) in [4.78, 5) is 23.5. The van der Waals surface area contributed by atoms with E-state index < -0.39 is 16.6 Å². The molecule has 2 saturated heterocycles. The van der Waals surface area contributed by atoms with Gasteiger partial charge < -0.3 is 14.7 Å². The number of hydrogen-bond acceptors (Lipinski definition) is 4. The molecule has 1 spiro atoms. The van der Waals surface area contributed by atoms with E-state index in [4.69, 9.17) is 4.74 Å². The van der Waals surface area contributed by atoms with Gasteiger partial charge in [0.25, 0.3) is 5.69 Å². The van der Waals surface area contributed by atoms with Gasteiger partial charge in [-0.15, -0.1) is 0 Å². The normalized spacial score (nSPS) is 21.2. The van der Waals surface area contributed by atoms with Crippen LogP contribution in [0.3, 0.4) is 0 Å². The van der Waals surface area contributed by atoms with E-state index in [1.807, 2.05) is 18.2 Å². The average molecular weight is 477 g/mol. The van der Waals surface area contributed by atoms with Crippen LogP contribution in [0, 0.1) is 15.9 Å². The number of nitro benzene ring substituents is 1. The molecule has 35 heavy (non-hydrogen) atoms. The first-order valence-corrected chi connectivity index (χ1v) is 11.6. The molecule has 2 atom stereocenters. The smallest absolute Gasteiger partial charge is 0.407 e. The molecule has 8 heteroatoms. The maximum Gasteiger partial charge on any atom is 0.407 e. The van der Waals surface area contributed by atoms with Gasteiger partial charge >= 0.3 is 6.09 Å². The van der Waals surface area contributed by atoms with Crippen LogP contribution in [-0.2, 0) is 4.74 Å². The van der Waals surface area contributed by atoms with E-state index >= 15 is 0 Å². The number of carbonyl (C=O) groups is 1. The molecule has 0 aliphatic carbocycles. The van der Waals surface area contributed by atoms with Crippen LogP contribution in [0.5, 0.6) is 0 Å². The second-order valence-electron chi connectivity index (χ2n) is 9.28. The van der Waals surface area contributed by atoms with Gasteiger partial charge in [-0.2, -0.15) is 0 Å². The average Bonchev–Trinajstić information content (AvgIpc) is 3.24. The molecule has 2 heterocycles. The number of non-ortho nitro benzene ring substituents is 1. The Labute approximate surface area is 201 Å². The van der Waals surface area contributed by atoms with Crippen LogP contribution in [0.15, 0.2) is 72.8 Å². The number of benzene rings is 3. The minimum Gasteiger partial charge on any atom is -0.465 e. The Morgan fingerprint density at radius 3 is 2.31 bits per heavy atom. The number of halogens is 1. The third kappa shape index (κ3) is 4.61. The molecule has 180 valence electrons. The number of nitro groups is 1. The number of ether oxygens (including phenoxy) is 1. The second kappa shape index (κ2) is 9.11. The number of nitrogens with zero attached hydrogens (tertiary/aromatic N) is 2. The van der Waals surface area contributed by atoms with Gasteiger partial charge in [0, 0.05) is 31.1 Å². The lowest BCUT2D eigenvalue weighted by molar-refractivity contribution is -0.384. The molecule has 3 aromatic carbocycles. The highest BCUT2D eigenvalue weighted by atomic mass is 19.1. The van der Waals surface area contributed by atoms with Crippen molar-refractivity contribution in [2.45, 2.75) is 36.9 Å². The number of hydrogen-bond donors (Lipinski definition) is 1. The Balaban J connectivity index is 1.49. The van der Waals surface area contributed by atoms with Crippen LogP contribution in [0.2, 0.25) is 0 Å². The molecule has 2 aliphatic rings. The molecular formula is C27H25FN2O5. The van der Waals surface area contributed by atoms with Gasteiger partial charge in [-0.3, -0.25) is 10.1 Å². The summed E-state index contributed by atoms with van der Waals surface area (Å²) in [5, 5.41) is 20.5. The van der Waals surface area contributed by atoms with Crippen LogP contribution in [0.4, 0.5) is 14.9 Å². The zero-order chi connectivity index (χ0) is 24.6. The first-order valence-electron chi connectivity index (χ1n) is 11.6. The van der Waals surface area contributed by atoms with Crippen molar-refractivity contribution in [3.05, 3.63) is 99.9 Å². The summed E-state index contributed by atoms with van der Waals surface area (Å²) >= 11 is 0. The maximum atomic E-state index is 13.4. The molecule has 0 radical (unpaired) electrons. The van der Waals surface area contributed by atoms with Gasteiger partial charge in [0.15, 0.2) is 0 Å². The number of carboxylic acid groups (broad SMARTS) is 1. The van der Waals surface area contributed by atoms with Gasteiger partial charge in [0.1, 0.15) is 5.82 Å². The molecule has 0 saturated carbocycles. The SMILES string of the molecule is O=C(O)N1CCC2(CC1)C[C@H](c1cccc(-c3ccc(F)cc3)c1)C(c1ccc([N+](=O)[O-])cc1)O2. The molecule has 3 aromatic rings. The van der Waals surface area contributed by atoms with Gasteiger partial charge in [-0.1, -0.05) is 36.4 Å². The summed E-state index contributed by atoms with van der Waals surface area (Å²) in [6, 6.07) is 20.9. The quantitative estimate of drug-likeness (QED) is 0.360. The molecule has 1 unspecified atom stereocenters. The molecule has 0 aromatic heterocycles. The summed E-state index contributed by atoms with van der Waals surface area (Å²) < 4.78 is 20.1. The van der Waals surface area contributed by atoms with E-state index in [1.54, 1.807) is 24.3 Å². The van der Waals surface area contributed by atoms with Crippen molar-refractivity contribution in [3.63, 3.8) is 0 Å². The highest BCUT2D eigenvalue weighted by Crippen LogP contribution is 2.53. The summed E-state index contributed by atoms with van der Waals surface area (Å²) in [5.74, 6) is -0.310. The third-order valence-electron chi connectivity index (χ3n) is 7.20. The fourth-order valence-corrected chi connectivity index (χ4v) is 5.30. The molecule has 7 nitrogen and oxygen atoms in total. The highest BCUT2D eigenvalue weighted by molar-refractivity contribution is 5.65. The van der Waals surface area contributed by atoms with Crippen LogP contribution < -0.4 is 0 Å². The Morgan fingerprint density at radius 2 is 1.69 bits per heavy atom. The Bertz CT molecular complexity index is 1240. The third-order valence-corrected chi connectivity index (χ3v) is 7.20. The predicted octanol–water partition coefficient (Wildman–Crippen LogP) is 6.16. The summed E-state index contributed by atoms with van der Waals surface area (Å²) in [7, 11) is 0. The standard InChI is InChI=1S/C27H25FN2O5/c28-22-8-4-18(5-9-22)20-2-1-3-21(16-20)24-17-27(12-14-29(15-13-27)26(31)32)35-25(24)19-6-10-23(11-7-19)30(33)34/h1-11,16,24-25H,12-15,17H2,(H,31,32)/t24-,25?/m1/s1. The minimum absolute atomic E-state index is 0.0195. The first-order chi connectivity index (χ1) is 16.8. The Kier molecular flexibility index (Phi) is 5.98. The van der Waals surface area contributed by atoms with E-state index in [0.717, 1.165) is 28.7 Å². The molecule has 1 amide bonds. The number of amides is 1. The lowest BCUT2D eigenvalue weighted by Gasteiger charge is -2.38. The summed E-state index contributed by atoms with van der Waals surface area (Å²) in [6.45, 7) is 0.815. The lowest BCUT2D eigenvalue weighted by atomic mass is 9.80. The fourth-order valence-electron chi connectivity index (χ4n) is 5.30. The van der Waals surface area contributed by atoms with Crippen molar-refractivity contribution in [1.29, 1.82) is 0 Å². The number of likely N-dealkylation sites (tertiary alicyclic amines) is 1. The Hall–Kier alpha value is -3.78. The first kappa shape index (κ1) is 23.0. The van der Waals surface area contributed by atoms with E-state index in [9.17, 15) is 24.4 Å².